The van der Waals surface area contributed by atoms with E-state index in [4.69, 9.17) is 5.73 Å². The van der Waals surface area contributed by atoms with E-state index in [0.717, 1.165) is 0 Å². The Bertz CT molecular complexity index is 445. The molecular formula is C13H21N3O3. The van der Waals surface area contributed by atoms with Crippen molar-refractivity contribution in [2.75, 3.05) is 30.8 Å². The molecule has 1 aromatic carbocycles. The third-order valence-corrected chi connectivity index (χ3v) is 2.76. The van der Waals surface area contributed by atoms with Crippen LogP contribution in [0.5, 0.6) is 0 Å². The molecule has 1 rings (SSSR count). The molecule has 0 radical (unpaired) electrons. The average molecular weight is 267 g/mol. The second kappa shape index (κ2) is 6.40. The Morgan fingerprint density at radius 1 is 1.37 bits per heavy atom. The van der Waals surface area contributed by atoms with Gasteiger partial charge in [-0.3, -0.25) is 4.79 Å². The smallest absolute Gasteiger partial charge is 0.253 e. The molecule has 0 saturated heterocycles. The Hall–Kier alpha value is -1.79. The monoisotopic (exact) mass is 267 g/mol. The fourth-order valence-electron chi connectivity index (χ4n) is 1.57. The van der Waals surface area contributed by atoms with Crippen molar-refractivity contribution in [1.82, 2.24) is 5.32 Å². The van der Waals surface area contributed by atoms with Crippen molar-refractivity contribution >= 4 is 17.3 Å². The summed E-state index contributed by atoms with van der Waals surface area (Å²) in [5.74, 6) is -0.233. The van der Waals surface area contributed by atoms with E-state index in [1.54, 1.807) is 25.1 Å². The Kier molecular flexibility index (Phi) is 5.14. The summed E-state index contributed by atoms with van der Waals surface area (Å²) in [5.41, 5.74) is 6.18. The normalized spacial score (nSPS) is 11.2. The molecule has 1 amide bonds. The highest BCUT2D eigenvalue weighted by atomic mass is 16.3. The summed E-state index contributed by atoms with van der Waals surface area (Å²) in [6.45, 7) is 3.45. The summed E-state index contributed by atoms with van der Waals surface area (Å²) in [6, 6.07) is 4.84. The number of benzene rings is 1. The van der Waals surface area contributed by atoms with E-state index in [9.17, 15) is 15.0 Å². The minimum atomic E-state index is -0.922. The van der Waals surface area contributed by atoms with E-state index < -0.39 is 5.54 Å². The maximum atomic E-state index is 11.9. The molecule has 0 aromatic heterocycles. The van der Waals surface area contributed by atoms with Crippen LogP contribution in [0.3, 0.4) is 0 Å². The lowest BCUT2D eigenvalue weighted by molar-refractivity contribution is 0.0955. The molecule has 0 aliphatic rings. The highest BCUT2D eigenvalue weighted by molar-refractivity contribution is 6.00. The lowest BCUT2D eigenvalue weighted by atomic mass is 10.0. The van der Waals surface area contributed by atoms with Gasteiger partial charge in [-0.25, -0.2) is 0 Å². The van der Waals surface area contributed by atoms with Crippen LogP contribution in [0.2, 0.25) is 0 Å². The number of nitrogen functional groups attached to an aromatic ring is 1. The zero-order valence-corrected chi connectivity index (χ0v) is 11.2. The zero-order chi connectivity index (χ0) is 14.5. The van der Waals surface area contributed by atoms with Gasteiger partial charge in [0.1, 0.15) is 0 Å². The first-order valence-corrected chi connectivity index (χ1v) is 6.13. The highest BCUT2D eigenvalue weighted by Crippen LogP contribution is 2.23. The van der Waals surface area contributed by atoms with Crippen molar-refractivity contribution in [3.63, 3.8) is 0 Å². The SMILES string of the molecule is CCNC(=O)c1ccc(N)cc1NC(C)(CO)CO. The number of carbonyl (C=O) groups is 1. The number of hydrogen-bond acceptors (Lipinski definition) is 5. The summed E-state index contributed by atoms with van der Waals surface area (Å²) in [6.07, 6.45) is 0. The molecule has 1 aromatic rings. The zero-order valence-electron chi connectivity index (χ0n) is 11.2. The van der Waals surface area contributed by atoms with Crippen molar-refractivity contribution in [3.8, 4) is 0 Å². The van der Waals surface area contributed by atoms with Crippen LogP contribution in [-0.4, -0.2) is 41.4 Å². The predicted octanol–water partition coefficient (Wildman–Crippen LogP) is 0.174. The van der Waals surface area contributed by atoms with Gasteiger partial charge in [-0.2, -0.15) is 0 Å². The number of aliphatic hydroxyl groups is 2. The van der Waals surface area contributed by atoms with E-state index in [0.29, 0.717) is 23.5 Å². The summed E-state index contributed by atoms with van der Waals surface area (Å²) < 4.78 is 0. The van der Waals surface area contributed by atoms with Gasteiger partial charge in [-0.15, -0.1) is 0 Å². The van der Waals surface area contributed by atoms with Gasteiger partial charge in [0.2, 0.25) is 0 Å². The second-order valence-corrected chi connectivity index (χ2v) is 4.67. The Balaban J connectivity index is 3.10. The van der Waals surface area contributed by atoms with Crippen molar-refractivity contribution in [2.24, 2.45) is 0 Å². The van der Waals surface area contributed by atoms with Crippen molar-refractivity contribution in [2.45, 2.75) is 19.4 Å². The van der Waals surface area contributed by atoms with Gasteiger partial charge in [0.15, 0.2) is 0 Å². The van der Waals surface area contributed by atoms with Crippen molar-refractivity contribution in [1.29, 1.82) is 0 Å². The van der Waals surface area contributed by atoms with Crippen LogP contribution in [-0.2, 0) is 0 Å². The fourth-order valence-corrected chi connectivity index (χ4v) is 1.57. The maximum absolute atomic E-state index is 11.9. The first-order valence-electron chi connectivity index (χ1n) is 6.13. The van der Waals surface area contributed by atoms with Gasteiger partial charge in [-0.1, -0.05) is 0 Å². The lowest BCUT2D eigenvalue weighted by Gasteiger charge is -2.28. The quantitative estimate of drug-likeness (QED) is 0.472. The van der Waals surface area contributed by atoms with Crippen LogP contribution >= 0.6 is 0 Å². The van der Waals surface area contributed by atoms with Gasteiger partial charge in [0.05, 0.1) is 24.3 Å². The highest BCUT2D eigenvalue weighted by Gasteiger charge is 2.24. The molecule has 6 heteroatoms. The minimum Gasteiger partial charge on any atom is -0.399 e. The molecule has 0 aliphatic heterocycles. The summed E-state index contributed by atoms with van der Waals surface area (Å²) in [5, 5.41) is 24.3. The van der Waals surface area contributed by atoms with Crippen LogP contribution in [0.15, 0.2) is 18.2 Å². The average Bonchev–Trinajstić information content (AvgIpc) is 2.39. The van der Waals surface area contributed by atoms with Crippen LogP contribution < -0.4 is 16.4 Å². The number of aliphatic hydroxyl groups excluding tert-OH is 2. The summed E-state index contributed by atoms with van der Waals surface area (Å²) in [7, 11) is 0. The number of hydrogen-bond donors (Lipinski definition) is 5. The molecule has 0 aliphatic carbocycles. The van der Waals surface area contributed by atoms with Crippen LogP contribution in [0.25, 0.3) is 0 Å². The molecular weight excluding hydrogens is 246 g/mol. The number of nitrogens with two attached hydrogens (primary N) is 1. The van der Waals surface area contributed by atoms with E-state index >= 15 is 0 Å². The first kappa shape index (κ1) is 15.3. The molecule has 106 valence electrons. The third-order valence-electron chi connectivity index (χ3n) is 2.76. The fraction of sp³-hybridized carbons (Fsp3) is 0.462. The van der Waals surface area contributed by atoms with Crippen molar-refractivity contribution in [3.05, 3.63) is 23.8 Å². The molecule has 19 heavy (non-hydrogen) atoms. The summed E-state index contributed by atoms with van der Waals surface area (Å²) in [4.78, 5) is 11.9. The number of anilines is 2. The number of carbonyl (C=O) groups excluding carboxylic acids is 1. The van der Waals surface area contributed by atoms with Crippen molar-refractivity contribution < 1.29 is 15.0 Å². The second-order valence-electron chi connectivity index (χ2n) is 4.67. The molecule has 0 saturated carbocycles. The number of rotatable bonds is 6. The van der Waals surface area contributed by atoms with E-state index in [2.05, 4.69) is 10.6 Å². The third kappa shape index (κ3) is 3.84. The van der Waals surface area contributed by atoms with E-state index in [1.165, 1.54) is 0 Å². The molecule has 0 fully saturated rings. The molecule has 0 atom stereocenters. The van der Waals surface area contributed by atoms with E-state index in [-0.39, 0.29) is 19.1 Å². The van der Waals surface area contributed by atoms with Crippen LogP contribution in [0.1, 0.15) is 24.2 Å². The molecule has 6 N–H and O–H groups in total. The largest absolute Gasteiger partial charge is 0.399 e. The van der Waals surface area contributed by atoms with Gasteiger partial charge >= 0.3 is 0 Å². The minimum absolute atomic E-state index is 0.233. The topological polar surface area (TPSA) is 108 Å². The van der Waals surface area contributed by atoms with Gasteiger partial charge in [-0.05, 0) is 32.0 Å². The predicted molar refractivity (Wildman–Crippen MR) is 75.1 cm³/mol. The first-order chi connectivity index (χ1) is 8.95. The standard InChI is InChI=1S/C13H21N3O3/c1-3-15-12(19)10-5-4-9(14)6-11(10)16-13(2,7-17)8-18/h4-6,16-18H,3,7-8,14H2,1-2H3,(H,15,19). The Morgan fingerprint density at radius 2 is 2.00 bits per heavy atom. The van der Waals surface area contributed by atoms with Gasteiger partial charge in [0.25, 0.3) is 5.91 Å². The maximum Gasteiger partial charge on any atom is 0.253 e. The molecule has 6 nitrogen and oxygen atoms in total. The van der Waals surface area contributed by atoms with Crippen LogP contribution in [0, 0.1) is 0 Å². The van der Waals surface area contributed by atoms with Crippen LogP contribution in [0.4, 0.5) is 11.4 Å². The number of nitrogens with one attached hydrogen (secondary N) is 2. The molecule has 0 unspecified atom stereocenters. The van der Waals surface area contributed by atoms with E-state index in [1.807, 2.05) is 6.92 Å². The van der Waals surface area contributed by atoms with Gasteiger partial charge in [0, 0.05) is 17.9 Å². The molecule has 0 spiro atoms. The summed E-state index contributed by atoms with van der Waals surface area (Å²) >= 11 is 0. The Labute approximate surface area is 112 Å². The number of amides is 1. The Morgan fingerprint density at radius 3 is 2.53 bits per heavy atom. The molecule has 0 bridgehead atoms. The molecule has 0 heterocycles. The lowest BCUT2D eigenvalue weighted by Crippen LogP contribution is -2.43. The van der Waals surface area contributed by atoms with Gasteiger partial charge < -0.3 is 26.6 Å².